The van der Waals surface area contributed by atoms with Crippen LogP contribution in [0.4, 0.5) is 5.88 Å². The minimum atomic E-state index is -0.0394. The van der Waals surface area contributed by atoms with Gasteiger partial charge >= 0.3 is 0 Å². The van der Waals surface area contributed by atoms with Crippen molar-refractivity contribution in [3.63, 3.8) is 0 Å². The molecule has 0 aromatic carbocycles. The molecule has 0 bridgehead atoms. The zero-order chi connectivity index (χ0) is 5.28. The maximum absolute atomic E-state index is 6.69. The van der Waals surface area contributed by atoms with Gasteiger partial charge in [-0.1, -0.05) is 0 Å². The summed E-state index contributed by atoms with van der Waals surface area (Å²) in [6.07, 6.45) is 1.25. The minimum Gasteiger partial charge on any atom is -0.660 e. The number of aromatic nitrogens is 2. The zero-order valence-electron chi connectivity index (χ0n) is 3.46. The highest BCUT2D eigenvalue weighted by Crippen LogP contribution is 1.98. The molecule has 0 spiro atoms. The maximum Gasteiger partial charge on any atom is 0.256 e. The number of nitrogen functional groups attached to an aromatic ring is 1. The number of nitrogens with zero attached hydrogens (tertiary/aromatic N) is 2. The fourth-order valence-corrected chi connectivity index (χ4v) is 0.258. The van der Waals surface area contributed by atoms with Crippen LogP contribution in [0.15, 0.2) is 10.7 Å². The first kappa shape index (κ1) is 3.91. The molecule has 0 aliphatic rings. The molecule has 1 aromatic rings. The highest BCUT2D eigenvalue weighted by atomic mass is 16.5. The third-order valence-electron chi connectivity index (χ3n) is 0.483. The van der Waals surface area contributed by atoms with Crippen molar-refractivity contribution < 1.29 is 9.31 Å². The van der Waals surface area contributed by atoms with Crippen molar-refractivity contribution in [2.75, 3.05) is 5.84 Å². The van der Waals surface area contributed by atoms with Crippen molar-refractivity contribution in [2.24, 2.45) is 0 Å². The summed E-state index contributed by atoms with van der Waals surface area (Å²) in [5.41, 5.74) is 6.69. The molecule has 5 nitrogen and oxygen atoms in total. The summed E-state index contributed by atoms with van der Waals surface area (Å²) in [7, 11) is 0. The molecule has 1 heterocycles. The van der Waals surface area contributed by atoms with Gasteiger partial charge in [0.1, 0.15) is 5.88 Å². The van der Waals surface area contributed by atoms with Gasteiger partial charge in [-0.3, -0.25) is 0 Å². The Morgan fingerprint density at radius 1 is 2.00 bits per heavy atom. The molecule has 3 N–H and O–H groups in total. The highest BCUT2D eigenvalue weighted by molar-refractivity contribution is 5.19. The average molecular weight is 100 g/mol. The lowest BCUT2D eigenvalue weighted by Gasteiger charge is -1.75. The molecule has 0 amide bonds. The second kappa shape index (κ2) is 1.11. The van der Waals surface area contributed by atoms with Crippen LogP contribution in [0.25, 0.3) is 5.73 Å². The maximum atomic E-state index is 6.69. The lowest BCUT2D eigenvalue weighted by atomic mass is 10.8. The third-order valence-corrected chi connectivity index (χ3v) is 0.483. The van der Waals surface area contributed by atoms with E-state index in [0.717, 1.165) is 4.79 Å². The summed E-state index contributed by atoms with van der Waals surface area (Å²) in [4.78, 5) is 0.933. The molecule has 0 aliphatic heterocycles. The summed E-state index contributed by atoms with van der Waals surface area (Å²) >= 11 is 0. The molecule has 0 atom stereocenters. The Labute approximate surface area is 39.4 Å². The van der Waals surface area contributed by atoms with E-state index in [0.29, 0.717) is 0 Å². The molecular formula is C2H4N4O. The van der Waals surface area contributed by atoms with Crippen molar-refractivity contribution in [1.29, 1.82) is 0 Å². The van der Waals surface area contributed by atoms with E-state index in [-0.39, 0.29) is 5.88 Å². The third kappa shape index (κ3) is 0.594. The molecule has 0 radical (unpaired) electrons. The number of hydrogen-bond acceptors (Lipinski definition) is 3. The second-order valence-electron chi connectivity index (χ2n) is 1.05. The van der Waals surface area contributed by atoms with Crippen molar-refractivity contribution in [2.45, 2.75) is 0 Å². The Balaban J connectivity index is 3.04. The fourth-order valence-electron chi connectivity index (χ4n) is 0.258. The van der Waals surface area contributed by atoms with Gasteiger partial charge in [0.15, 0.2) is 0 Å². The Morgan fingerprint density at radius 3 is 2.86 bits per heavy atom. The second-order valence-corrected chi connectivity index (χ2v) is 1.05. The van der Waals surface area contributed by atoms with Gasteiger partial charge in [0.25, 0.3) is 6.20 Å². The first-order valence-electron chi connectivity index (χ1n) is 1.64. The van der Waals surface area contributed by atoms with Gasteiger partial charge in [0, 0.05) is 0 Å². The lowest BCUT2D eigenvalue weighted by Crippen LogP contribution is -2.45. The van der Waals surface area contributed by atoms with E-state index < -0.39 is 0 Å². The summed E-state index contributed by atoms with van der Waals surface area (Å²) in [6.45, 7) is 0. The zero-order valence-corrected chi connectivity index (χ0v) is 3.46. The minimum absolute atomic E-state index is 0.0394. The first-order valence-corrected chi connectivity index (χ1v) is 1.64. The van der Waals surface area contributed by atoms with Crippen molar-refractivity contribution in [3.8, 4) is 0 Å². The van der Waals surface area contributed by atoms with Gasteiger partial charge in [-0.15, -0.1) is 0 Å². The van der Waals surface area contributed by atoms with Crippen molar-refractivity contribution in [1.82, 2.24) is 5.27 Å². The van der Waals surface area contributed by atoms with Gasteiger partial charge in [-0.25, -0.2) is 0 Å². The molecule has 5 heteroatoms. The number of hydrogen-bond donors (Lipinski definition) is 1. The standard InChI is InChI=1S/C2H4N4O/c3-2-1-6(4)5-7-2/h1,3H,(H2,4,5). The van der Waals surface area contributed by atoms with Crippen LogP contribution in [0, 0.1) is 0 Å². The Bertz CT molecular complexity index is 142. The van der Waals surface area contributed by atoms with Crippen LogP contribution in [-0.2, 0) is 0 Å². The molecule has 0 unspecified atom stereocenters. The molecular weight excluding hydrogens is 96.0 g/mol. The quantitative estimate of drug-likeness (QED) is 0.348. The van der Waals surface area contributed by atoms with Crippen LogP contribution in [-0.4, -0.2) is 5.27 Å². The van der Waals surface area contributed by atoms with Crippen LogP contribution >= 0.6 is 0 Å². The largest absolute Gasteiger partial charge is 0.660 e. The van der Waals surface area contributed by atoms with Crippen molar-refractivity contribution >= 4 is 5.88 Å². The molecule has 1 rings (SSSR count). The Kier molecular flexibility index (Phi) is 0.619. The number of rotatable bonds is 0. The molecule has 0 saturated carbocycles. The van der Waals surface area contributed by atoms with E-state index in [1.807, 2.05) is 0 Å². The monoisotopic (exact) mass is 100 g/mol. The van der Waals surface area contributed by atoms with Gasteiger partial charge < -0.3 is 10.3 Å². The molecule has 38 valence electrons. The van der Waals surface area contributed by atoms with E-state index in [1.54, 1.807) is 0 Å². The van der Waals surface area contributed by atoms with E-state index in [1.165, 1.54) is 6.20 Å². The summed E-state index contributed by atoms with van der Waals surface area (Å²) in [6, 6.07) is 0. The van der Waals surface area contributed by atoms with Crippen LogP contribution < -0.4 is 10.6 Å². The number of nitrogens with two attached hydrogens (primary N) is 1. The van der Waals surface area contributed by atoms with Crippen LogP contribution in [0.3, 0.4) is 0 Å². The van der Waals surface area contributed by atoms with Crippen LogP contribution in [0.5, 0.6) is 0 Å². The van der Waals surface area contributed by atoms with Gasteiger partial charge in [-0.05, 0) is 0 Å². The van der Waals surface area contributed by atoms with Gasteiger partial charge in [0.2, 0.25) is 5.27 Å². The van der Waals surface area contributed by atoms with E-state index in [9.17, 15) is 0 Å². The normalized spacial score (nSPS) is 9.14. The van der Waals surface area contributed by atoms with Crippen LogP contribution in [0.2, 0.25) is 0 Å². The van der Waals surface area contributed by atoms with Crippen LogP contribution in [0.1, 0.15) is 0 Å². The smallest absolute Gasteiger partial charge is 0.256 e. The summed E-state index contributed by atoms with van der Waals surface area (Å²) < 4.78 is 4.22. The number of nitrogens with one attached hydrogen (secondary N) is 1. The molecule has 0 fully saturated rings. The Morgan fingerprint density at radius 2 is 2.71 bits per heavy atom. The predicted octanol–water partition coefficient (Wildman–Crippen LogP) is -0.640. The summed E-state index contributed by atoms with van der Waals surface area (Å²) in [5, 5.41) is 3.15. The molecule has 1 aromatic heterocycles. The topological polar surface area (TPSA) is 79.7 Å². The van der Waals surface area contributed by atoms with E-state index in [4.69, 9.17) is 11.6 Å². The summed E-state index contributed by atoms with van der Waals surface area (Å²) in [5.74, 6) is 4.93. The average Bonchev–Trinajstić information content (AvgIpc) is 1.87. The van der Waals surface area contributed by atoms with E-state index in [2.05, 4.69) is 9.79 Å². The van der Waals surface area contributed by atoms with Gasteiger partial charge in [0.05, 0.1) is 4.79 Å². The Hall–Kier alpha value is -1.26. The highest BCUT2D eigenvalue weighted by Gasteiger charge is 1.93. The fraction of sp³-hybridized carbons (Fsp3) is 0. The lowest BCUT2D eigenvalue weighted by molar-refractivity contribution is -0.709. The first-order chi connectivity index (χ1) is 3.29. The molecule has 0 aliphatic carbocycles. The van der Waals surface area contributed by atoms with E-state index >= 15 is 0 Å². The predicted molar refractivity (Wildman–Crippen MR) is 20.8 cm³/mol. The SMILES string of the molecule is [NH-]c1c[n+](N)no1. The van der Waals surface area contributed by atoms with Crippen molar-refractivity contribution in [3.05, 3.63) is 11.9 Å². The molecule has 7 heavy (non-hydrogen) atoms. The van der Waals surface area contributed by atoms with Gasteiger partial charge in [-0.2, -0.15) is 5.84 Å². The molecule has 0 saturated heterocycles.